The van der Waals surface area contributed by atoms with Crippen LogP contribution in [-0.2, 0) is 6.54 Å². The van der Waals surface area contributed by atoms with Gasteiger partial charge in [0.15, 0.2) is 0 Å². The Morgan fingerprint density at radius 1 is 1.00 bits per heavy atom. The van der Waals surface area contributed by atoms with Gasteiger partial charge >= 0.3 is 0 Å². The summed E-state index contributed by atoms with van der Waals surface area (Å²) >= 11 is 0. The maximum absolute atomic E-state index is 13.5. The fourth-order valence-corrected chi connectivity index (χ4v) is 4.41. The Hall–Kier alpha value is -4.66. The summed E-state index contributed by atoms with van der Waals surface area (Å²) in [6, 6.07) is 20.7. The molecule has 1 aromatic heterocycles. The number of rotatable bonds is 7. The van der Waals surface area contributed by atoms with Gasteiger partial charge < -0.3 is 14.4 Å². The first-order chi connectivity index (χ1) is 17.0. The molecule has 1 amide bonds. The highest BCUT2D eigenvalue weighted by Gasteiger charge is 2.42. The number of nitro groups is 1. The van der Waals surface area contributed by atoms with Crippen LogP contribution >= 0.6 is 0 Å². The third kappa shape index (κ3) is 3.97. The van der Waals surface area contributed by atoms with Gasteiger partial charge in [0.25, 0.3) is 11.6 Å². The number of aromatic amines is 1. The molecule has 35 heavy (non-hydrogen) atoms. The fourth-order valence-electron chi connectivity index (χ4n) is 4.41. The molecule has 4 aromatic rings. The number of non-ortho nitro benzene ring substituents is 1. The quantitative estimate of drug-likeness (QED) is 0.308. The number of nitrogens with zero attached hydrogens (tertiary/aromatic N) is 3. The number of hydrogen-bond acceptors (Lipinski definition) is 6. The number of amides is 1. The van der Waals surface area contributed by atoms with Crippen LogP contribution in [0.5, 0.6) is 11.5 Å². The van der Waals surface area contributed by atoms with Crippen molar-refractivity contribution in [2.45, 2.75) is 12.6 Å². The van der Waals surface area contributed by atoms with Gasteiger partial charge in [0.1, 0.15) is 17.2 Å². The summed E-state index contributed by atoms with van der Waals surface area (Å²) in [4.78, 5) is 26.3. The second kappa shape index (κ2) is 8.94. The SMILES string of the molecule is COc1ccc(CN2C(=O)c3[nH]nc(-c4ccc(OC)cc4)c3C2c2cccc([N+](=O)[O-])c2)cc1. The molecule has 2 heterocycles. The summed E-state index contributed by atoms with van der Waals surface area (Å²) in [5, 5.41) is 18.8. The summed E-state index contributed by atoms with van der Waals surface area (Å²) < 4.78 is 10.5. The summed E-state index contributed by atoms with van der Waals surface area (Å²) in [6.45, 7) is 0.306. The van der Waals surface area contributed by atoms with Gasteiger partial charge in [0, 0.05) is 29.8 Å². The maximum atomic E-state index is 13.5. The summed E-state index contributed by atoms with van der Waals surface area (Å²) in [5.41, 5.74) is 3.98. The molecule has 1 unspecified atom stereocenters. The number of nitro benzene ring substituents is 1. The Bertz CT molecular complexity index is 1400. The number of methoxy groups -OCH3 is 2. The van der Waals surface area contributed by atoms with E-state index in [0.29, 0.717) is 40.6 Å². The molecular weight excluding hydrogens is 448 g/mol. The van der Waals surface area contributed by atoms with Crippen molar-refractivity contribution in [3.8, 4) is 22.8 Å². The number of aromatic nitrogens is 2. The van der Waals surface area contributed by atoms with Crippen molar-refractivity contribution in [1.29, 1.82) is 0 Å². The fraction of sp³-hybridized carbons (Fsp3) is 0.154. The lowest BCUT2D eigenvalue weighted by Crippen LogP contribution is -2.29. The molecule has 0 spiro atoms. The zero-order valence-corrected chi connectivity index (χ0v) is 19.1. The Balaban J connectivity index is 1.62. The molecule has 0 aliphatic carbocycles. The molecule has 1 aliphatic rings. The van der Waals surface area contributed by atoms with Crippen LogP contribution < -0.4 is 9.47 Å². The number of ether oxygens (including phenoxy) is 2. The maximum Gasteiger partial charge on any atom is 0.273 e. The van der Waals surface area contributed by atoms with Gasteiger partial charge in [-0.2, -0.15) is 5.10 Å². The molecule has 0 bridgehead atoms. The molecule has 0 fully saturated rings. The van der Waals surface area contributed by atoms with Gasteiger partial charge in [0.2, 0.25) is 0 Å². The molecule has 1 atom stereocenters. The third-order valence-electron chi connectivity index (χ3n) is 6.14. The molecule has 1 aliphatic heterocycles. The van der Waals surface area contributed by atoms with Crippen LogP contribution in [-0.4, -0.2) is 40.1 Å². The third-order valence-corrected chi connectivity index (χ3v) is 6.14. The Kier molecular flexibility index (Phi) is 5.66. The molecule has 9 heteroatoms. The molecule has 176 valence electrons. The van der Waals surface area contributed by atoms with E-state index in [1.807, 2.05) is 48.5 Å². The average Bonchev–Trinajstić information content (AvgIpc) is 3.43. The molecule has 0 saturated carbocycles. The largest absolute Gasteiger partial charge is 0.497 e. The molecular formula is C26H22N4O5. The van der Waals surface area contributed by atoms with Crippen molar-refractivity contribution in [3.63, 3.8) is 0 Å². The molecule has 0 saturated heterocycles. The van der Waals surface area contributed by atoms with Crippen molar-refractivity contribution < 1.29 is 19.2 Å². The summed E-state index contributed by atoms with van der Waals surface area (Å²) in [5.74, 6) is 1.20. The summed E-state index contributed by atoms with van der Waals surface area (Å²) in [7, 11) is 3.19. The molecule has 3 aromatic carbocycles. The van der Waals surface area contributed by atoms with E-state index in [1.54, 1.807) is 31.3 Å². The molecule has 9 nitrogen and oxygen atoms in total. The molecule has 1 N–H and O–H groups in total. The van der Waals surface area contributed by atoms with Gasteiger partial charge in [-0.15, -0.1) is 0 Å². The first-order valence-corrected chi connectivity index (χ1v) is 10.9. The van der Waals surface area contributed by atoms with E-state index >= 15 is 0 Å². The highest BCUT2D eigenvalue weighted by atomic mass is 16.6. The van der Waals surface area contributed by atoms with Crippen LogP contribution in [0.15, 0.2) is 72.8 Å². The van der Waals surface area contributed by atoms with E-state index in [9.17, 15) is 14.9 Å². The first kappa shape index (κ1) is 22.1. The van der Waals surface area contributed by atoms with Crippen molar-refractivity contribution in [2.75, 3.05) is 14.2 Å². The lowest BCUT2D eigenvalue weighted by atomic mass is 9.95. The van der Waals surface area contributed by atoms with Crippen LogP contribution in [0.2, 0.25) is 0 Å². The molecule has 0 radical (unpaired) electrons. The van der Waals surface area contributed by atoms with Crippen LogP contribution in [0, 0.1) is 10.1 Å². The Morgan fingerprint density at radius 3 is 2.29 bits per heavy atom. The van der Waals surface area contributed by atoms with E-state index in [-0.39, 0.29) is 11.6 Å². The van der Waals surface area contributed by atoms with Crippen molar-refractivity contribution in [2.24, 2.45) is 0 Å². The normalized spacial score (nSPS) is 14.6. The monoisotopic (exact) mass is 470 g/mol. The second-order valence-corrected chi connectivity index (χ2v) is 8.13. The van der Waals surface area contributed by atoms with E-state index in [0.717, 1.165) is 11.1 Å². The van der Waals surface area contributed by atoms with Gasteiger partial charge in [0.05, 0.1) is 30.9 Å². The first-order valence-electron chi connectivity index (χ1n) is 10.9. The average molecular weight is 470 g/mol. The minimum Gasteiger partial charge on any atom is -0.497 e. The summed E-state index contributed by atoms with van der Waals surface area (Å²) in [6.07, 6.45) is 0. The zero-order valence-electron chi connectivity index (χ0n) is 19.1. The van der Waals surface area contributed by atoms with Crippen LogP contribution in [0.1, 0.15) is 33.2 Å². The predicted molar refractivity (Wildman–Crippen MR) is 128 cm³/mol. The van der Waals surface area contributed by atoms with Gasteiger partial charge in [-0.25, -0.2) is 0 Å². The van der Waals surface area contributed by atoms with Crippen LogP contribution in [0.25, 0.3) is 11.3 Å². The minimum absolute atomic E-state index is 0.0395. The van der Waals surface area contributed by atoms with Gasteiger partial charge in [-0.05, 0) is 47.5 Å². The van der Waals surface area contributed by atoms with E-state index < -0.39 is 11.0 Å². The van der Waals surface area contributed by atoms with Crippen molar-refractivity contribution in [1.82, 2.24) is 15.1 Å². The second-order valence-electron chi connectivity index (χ2n) is 8.13. The standard InChI is InChI=1S/C26H22N4O5/c1-34-20-10-6-16(7-11-20)15-29-25(18-4-3-5-19(14-18)30(32)33)22-23(27-28-24(22)26(29)31)17-8-12-21(35-2)13-9-17/h3-14,25H,15H2,1-2H3,(H,27,28). The highest BCUT2D eigenvalue weighted by molar-refractivity contribution is 6.00. The predicted octanol–water partition coefficient (Wildman–Crippen LogP) is 4.75. The Morgan fingerprint density at radius 2 is 1.66 bits per heavy atom. The van der Waals surface area contributed by atoms with Gasteiger partial charge in [-0.1, -0.05) is 24.3 Å². The highest BCUT2D eigenvalue weighted by Crippen LogP contribution is 2.44. The van der Waals surface area contributed by atoms with E-state index in [4.69, 9.17) is 9.47 Å². The van der Waals surface area contributed by atoms with Crippen molar-refractivity contribution >= 4 is 11.6 Å². The number of nitrogens with one attached hydrogen (secondary N) is 1. The van der Waals surface area contributed by atoms with Gasteiger partial charge in [-0.3, -0.25) is 20.0 Å². The topological polar surface area (TPSA) is 111 Å². The molecule has 5 rings (SSSR count). The smallest absolute Gasteiger partial charge is 0.273 e. The lowest BCUT2D eigenvalue weighted by Gasteiger charge is -2.26. The minimum atomic E-state index is -0.560. The number of carbonyl (C=O) groups excluding carboxylic acids is 1. The van der Waals surface area contributed by atoms with Crippen molar-refractivity contribution in [3.05, 3.63) is 105 Å². The number of hydrogen-bond donors (Lipinski definition) is 1. The van der Waals surface area contributed by atoms with E-state index in [1.165, 1.54) is 12.1 Å². The number of carbonyl (C=O) groups is 1. The number of H-pyrrole nitrogens is 1. The zero-order chi connectivity index (χ0) is 24.5. The number of fused-ring (bicyclic) bond motifs is 1. The van der Waals surface area contributed by atoms with Crippen LogP contribution in [0.3, 0.4) is 0 Å². The number of benzene rings is 3. The lowest BCUT2D eigenvalue weighted by molar-refractivity contribution is -0.384. The van der Waals surface area contributed by atoms with E-state index in [2.05, 4.69) is 10.2 Å². The Labute approximate surface area is 201 Å². The van der Waals surface area contributed by atoms with Crippen LogP contribution in [0.4, 0.5) is 5.69 Å².